The van der Waals surface area contributed by atoms with E-state index < -0.39 is 5.97 Å². The van der Waals surface area contributed by atoms with E-state index in [1.54, 1.807) is 0 Å². The molecule has 0 aliphatic heterocycles. The quantitative estimate of drug-likeness (QED) is 0.454. The molecule has 1 saturated carbocycles. The second kappa shape index (κ2) is 6.68. The number of nitrogens with one attached hydrogen (secondary N) is 1. The van der Waals surface area contributed by atoms with E-state index in [-0.39, 0.29) is 0 Å². The van der Waals surface area contributed by atoms with Gasteiger partial charge in [0.25, 0.3) is 0 Å². The highest BCUT2D eigenvalue weighted by Crippen LogP contribution is 2.40. The van der Waals surface area contributed by atoms with E-state index >= 15 is 0 Å². The first-order valence-corrected chi connectivity index (χ1v) is 9.70. The van der Waals surface area contributed by atoms with Crippen LogP contribution in [0, 0.1) is 0 Å². The van der Waals surface area contributed by atoms with E-state index in [9.17, 15) is 9.90 Å². The Morgan fingerprint density at radius 2 is 1.82 bits per heavy atom. The van der Waals surface area contributed by atoms with Crippen molar-refractivity contribution in [2.75, 3.05) is 0 Å². The first kappa shape index (κ1) is 16.8. The van der Waals surface area contributed by atoms with E-state index in [1.807, 2.05) is 36.5 Å². The highest BCUT2D eigenvalue weighted by atomic mass is 16.4. The summed E-state index contributed by atoms with van der Waals surface area (Å²) >= 11 is 0. The number of carbonyl (C=O) groups is 1. The smallest absolute Gasteiger partial charge is 0.335 e. The summed E-state index contributed by atoms with van der Waals surface area (Å²) in [5, 5.41) is 10.9. The number of aromatic amines is 1. The fourth-order valence-electron chi connectivity index (χ4n) is 3.97. The van der Waals surface area contributed by atoms with E-state index in [4.69, 9.17) is 0 Å². The monoisotopic (exact) mass is 367 g/mol. The lowest BCUT2D eigenvalue weighted by Crippen LogP contribution is -2.04. The standard InChI is InChI=1S/C25H21NO2/c27-25(28)21-14-19(17-7-8-17)9-10-20(21)12-16-6-11-24-22(13-16)23(15-26-24)18-4-2-1-3-5-18/h1-6,9-11,13-15,17,26H,7-8,12H2,(H,27,28). The number of aromatic nitrogens is 1. The Hall–Kier alpha value is -3.33. The minimum Gasteiger partial charge on any atom is -0.478 e. The number of hydrogen-bond acceptors (Lipinski definition) is 1. The zero-order valence-corrected chi connectivity index (χ0v) is 15.5. The third kappa shape index (κ3) is 3.09. The molecule has 3 nitrogen and oxygen atoms in total. The van der Waals surface area contributed by atoms with E-state index in [0.29, 0.717) is 17.9 Å². The van der Waals surface area contributed by atoms with Gasteiger partial charge in [-0.15, -0.1) is 0 Å². The van der Waals surface area contributed by atoms with Crippen molar-refractivity contribution in [3.63, 3.8) is 0 Å². The number of benzene rings is 3. The van der Waals surface area contributed by atoms with Crippen LogP contribution in [0.5, 0.6) is 0 Å². The summed E-state index contributed by atoms with van der Waals surface area (Å²) in [5.74, 6) is -0.290. The average Bonchev–Trinajstić information content (AvgIpc) is 3.48. The third-order valence-electron chi connectivity index (χ3n) is 5.64. The number of fused-ring (bicyclic) bond motifs is 1. The highest BCUT2D eigenvalue weighted by molar-refractivity contribution is 5.96. The third-order valence-corrected chi connectivity index (χ3v) is 5.64. The minimum atomic E-state index is -0.842. The predicted octanol–water partition coefficient (Wildman–Crippen LogP) is 6.00. The Morgan fingerprint density at radius 1 is 1.00 bits per heavy atom. The van der Waals surface area contributed by atoms with Crippen LogP contribution in [0.2, 0.25) is 0 Å². The molecule has 3 aromatic carbocycles. The zero-order chi connectivity index (χ0) is 19.1. The van der Waals surface area contributed by atoms with Crippen LogP contribution in [0.3, 0.4) is 0 Å². The van der Waals surface area contributed by atoms with Gasteiger partial charge in [-0.2, -0.15) is 0 Å². The molecular formula is C25H21NO2. The van der Waals surface area contributed by atoms with E-state index in [0.717, 1.165) is 27.6 Å². The maximum Gasteiger partial charge on any atom is 0.335 e. The molecule has 0 amide bonds. The van der Waals surface area contributed by atoms with Gasteiger partial charge in [-0.25, -0.2) is 4.79 Å². The second-order valence-electron chi connectivity index (χ2n) is 7.62. The van der Waals surface area contributed by atoms with Crippen molar-refractivity contribution in [1.82, 2.24) is 4.98 Å². The summed E-state index contributed by atoms with van der Waals surface area (Å²) in [6.45, 7) is 0. The topological polar surface area (TPSA) is 53.1 Å². The highest BCUT2D eigenvalue weighted by Gasteiger charge is 2.25. The van der Waals surface area contributed by atoms with E-state index in [1.165, 1.54) is 24.0 Å². The zero-order valence-electron chi connectivity index (χ0n) is 15.5. The molecule has 0 radical (unpaired) electrons. The van der Waals surface area contributed by atoms with Gasteiger partial charge in [-0.05, 0) is 65.6 Å². The van der Waals surface area contributed by atoms with Crippen LogP contribution in [0.4, 0.5) is 0 Å². The van der Waals surface area contributed by atoms with Gasteiger partial charge in [0.2, 0.25) is 0 Å². The number of rotatable bonds is 5. The van der Waals surface area contributed by atoms with Crippen molar-refractivity contribution in [1.29, 1.82) is 0 Å². The summed E-state index contributed by atoms with van der Waals surface area (Å²) in [6, 6.07) is 22.6. The van der Waals surface area contributed by atoms with Crippen LogP contribution in [-0.2, 0) is 6.42 Å². The predicted molar refractivity (Wildman–Crippen MR) is 112 cm³/mol. The molecule has 2 N–H and O–H groups in total. The minimum absolute atomic E-state index is 0.432. The van der Waals surface area contributed by atoms with Gasteiger partial charge in [0.1, 0.15) is 0 Å². The summed E-state index contributed by atoms with van der Waals surface area (Å²) in [4.78, 5) is 15.2. The van der Waals surface area contributed by atoms with Gasteiger partial charge < -0.3 is 10.1 Å². The molecule has 1 aliphatic rings. The van der Waals surface area contributed by atoms with Crippen LogP contribution in [0.15, 0.2) is 72.9 Å². The SMILES string of the molecule is O=C(O)c1cc(C2CC2)ccc1Cc1ccc2[nH]cc(-c3ccccc3)c2c1. The van der Waals surface area contributed by atoms with Crippen molar-refractivity contribution in [2.45, 2.75) is 25.2 Å². The molecule has 0 spiro atoms. The molecule has 1 aromatic heterocycles. The van der Waals surface area contributed by atoms with Crippen molar-refractivity contribution in [2.24, 2.45) is 0 Å². The summed E-state index contributed by atoms with van der Waals surface area (Å²) in [7, 11) is 0. The van der Waals surface area contributed by atoms with Crippen LogP contribution in [0.1, 0.15) is 45.8 Å². The number of carboxylic acid groups (broad SMARTS) is 1. The fourth-order valence-corrected chi connectivity index (χ4v) is 3.97. The van der Waals surface area contributed by atoms with Gasteiger partial charge in [-0.3, -0.25) is 0 Å². The van der Waals surface area contributed by atoms with Gasteiger partial charge in [0, 0.05) is 22.7 Å². The second-order valence-corrected chi connectivity index (χ2v) is 7.62. The lowest BCUT2D eigenvalue weighted by Gasteiger charge is -2.09. The lowest BCUT2D eigenvalue weighted by atomic mass is 9.95. The Balaban J connectivity index is 1.53. The van der Waals surface area contributed by atoms with Gasteiger partial charge in [0.05, 0.1) is 5.56 Å². The van der Waals surface area contributed by atoms with Gasteiger partial charge >= 0.3 is 5.97 Å². The first-order valence-electron chi connectivity index (χ1n) is 9.70. The molecule has 28 heavy (non-hydrogen) atoms. The molecule has 1 aliphatic carbocycles. The Morgan fingerprint density at radius 3 is 2.57 bits per heavy atom. The molecule has 0 bridgehead atoms. The maximum atomic E-state index is 11.8. The normalized spacial score (nSPS) is 13.7. The molecule has 0 unspecified atom stereocenters. The van der Waals surface area contributed by atoms with Gasteiger partial charge in [-0.1, -0.05) is 48.5 Å². The fraction of sp³-hybridized carbons (Fsp3) is 0.160. The summed E-state index contributed by atoms with van der Waals surface area (Å²) < 4.78 is 0. The molecule has 3 heteroatoms. The van der Waals surface area contributed by atoms with Gasteiger partial charge in [0.15, 0.2) is 0 Å². The largest absolute Gasteiger partial charge is 0.478 e. The Labute approximate surface area is 163 Å². The molecule has 138 valence electrons. The Kier molecular flexibility index (Phi) is 4.01. The van der Waals surface area contributed by atoms with Crippen LogP contribution in [0.25, 0.3) is 22.0 Å². The van der Waals surface area contributed by atoms with Crippen molar-refractivity contribution < 1.29 is 9.90 Å². The lowest BCUT2D eigenvalue weighted by molar-refractivity contribution is 0.0695. The molecule has 1 heterocycles. The molecule has 4 aromatic rings. The number of hydrogen-bond donors (Lipinski definition) is 2. The van der Waals surface area contributed by atoms with Crippen LogP contribution in [-0.4, -0.2) is 16.1 Å². The van der Waals surface area contributed by atoms with Crippen molar-refractivity contribution >= 4 is 16.9 Å². The number of H-pyrrole nitrogens is 1. The van der Waals surface area contributed by atoms with Crippen molar-refractivity contribution in [3.05, 3.63) is 95.2 Å². The first-order chi connectivity index (χ1) is 13.7. The molecule has 0 atom stereocenters. The van der Waals surface area contributed by atoms with Crippen molar-refractivity contribution in [3.8, 4) is 11.1 Å². The number of aromatic carboxylic acids is 1. The Bertz CT molecular complexity index is 1170. The molecule has 0 saturated heterocycles. The molecular weight excluding hydrogens is 346 g/mol. The molecule has 1 fully saturated rings. The summed E-state index contributed by atoms with van der Waals surface area (Å²) in [5.41, 5.74) is 7.01. The maximum absolute atomic E-state index is 11.8. The summed E-state index contributed by atoms with van der Waals surface area (Å²) in [6.07, 6.45) is 4.99. The van der Waals surface area contributed by atoms with E-state index in [2.05, 4.69) is 41.4 Å². The van der Waals surface area contributed by atoms with Crippen LogP contribution < -0.4 is 0 Å². The number of carboxylic acids is 1. The van der Waals surface area contributed by atoms with Crippen LogP contribution >= 0.6 is 0 Å². The molecule has 5 rings (SSSR count). The average molecular weight is 367 g/mol.